The van der Waals surface area contributed by atoms with E-state index in [1.54, 1.807) is 12.1 Å². The van der Waals surface area contributed by atoms with Crippen LogP contribution in [0.2, 0.25) is 5.02 Å². The molecule has 0 fully saturated rings. The van der Waals surface area contributed by atoms with Crippen LogP contribution in [0.25, 0.3) is 0 Å². The lowest BCUT2D eigenvalue weighted by atomic mass is 9.97. The maximum Gasteiger partial charge on any atom is 0.242 e. The molecule has 1 aromatic rings. The van der Waals surface area contributed by atoms with Crippen molar-refractivity contribution >= 4 is 49.2 Å². The van der Waals surface area contributed by atoms with Gasteiger partial charge in [-0.3, -0.25) is 0 Å². The summed E-state index contributed by atoms with van der Waals surface area (Å²) in [6.07, 6.45) is 0. The topological polar surface area (TPSA) is 46.2 Å². The lowest BCUT2D eigenvalue weighted by molar-refractivity contribution is 0.414. The van der Waals surface area contributed by atoms with Crippen molar-refractivity contribution in [3.05, 3.63) is 27.7 Å². The largest absolute Gasteiger partial charge is 0.242 e. The molecule has 0 aliphatic rings. The minimum atomic E-state index is -3.61. The molecule has 0 unspecified atom stereocenters. The molecule has 1 rings (SSSR count). The normalized spacial score (nSPS) is 12.7. The smallest absolute Gasteiger partial charge is 0.211 e. The van der Waals surface area contributed by atoms with Gasteiger partial charge in [-0.2, -0.15) is 0 Å². The van der Waals surface area contributed by atoms with Crippen molar-refractivity contribution in [2.45, 2.75) is 18.7 Å². The van der Waals surface area contributed by atoms with Crippen LogP contribution in [0.4, 0.5) is 0 Å². The van der Waals surface area contributed by atoms with E-state index in [9.17, 15) is 8.42 Å². The number of hydrogen-bond acceptors (Lipinski definition) is 2. The third kappa shape index (κ3) is 4.38. The van der Waals surface area contributed by atoms with Crippen LogP contribution in [0.3, 0.4) is 0 Å². The molecule has 0 heterocycles. The average molecular weight is 375 g/mol. The second-order valence-electron chi connectivity index (χ2n) is 4.70. The van der Waals surface area contributed by atoms with E-state index in [2.05, 4.69) is 20.7 Å². The summed E-state index contributed by atoms with van der Waals surface area (Å²) in [7, 11) is -3.61. The maximum atomic E-state index is 12.1. The van der Waals surface area contributed by atoms with Crippen LogP contribution < -0.4 is 4.72 Å². The number of sulfonamides is 1. The van der Waals surface area contributed by atoms with Crippen molar-refractivity contribution in [2.24, 2.45) is 5.41 Å². The number of rotatable bonds is 5. The molecule has 3 nitrogen and oxygen atoms in total. The maximum absolute atomic E-state index is 12.1. The Morgan fingerprint density at radius 1 is 1.39 bits per heavy atom. The van der Waals surface area contributed by atoms with Gasteiger partial charge in [0.2, 0.25) is 10.0 Å². The van der Waals surface area contributed by atoms with E-state index >= 15 is 0 Å². The van der Waals surface area contributed by atoms with Crippen molar-refractivity contribution in [3.8, 4) is 0 Å². The molecule has 0 aromatic heterocycles. The predicted octanol–water partition coefficient (Wildman–Crippen LogP) is 3.65. The highest BCUT2D eigenvalue weighted by Crippen LogP contribution is 2.25. The SMILES string of the molecule is CC(C)(CCl)CNS(=O)(=O)c1ccc(Br)cc1Cl. The summed E-state index contributed by atoms with van der Waals surface area (Å²) in [5.41, 5.74) is -0.309. The lowest BCUT2D eigenvalue weighted by Crippen LogP contribution is -2.35. The first-order chi connectivity index (χ1) is 8.18. The molecule has 7 heteroatoms. The van der Waals surface area contributed by atoms with E-state index in [0.29, 0.717) is 5.88 Å². The number of halogens is 3. The number of alkyl halides is 1. The minimum Gasteiger partial charge on any atom is -0.211 e. The van der Waals surface area contributed by atoms with Crippen LogP contribution in [0.15, 0.2) is 27.6 Å². The van der Waals surface area contributed by atoms with Crippen molar-refractivity contribution in [3.63, 3.8) is 0 Å². The molecule has 0 spiro atoms. The first-order valence-corrected chi connectivity index (χ1v) is 8.37. The summed E-state index contributed by atoms with van der Waals surface area (Å²) in [6, 6.07) is 4.64. The molecule has 0 aliphatic heterocycles. The fourth-order valence-electron chi connectivity index (χ4n) is 1.11. The zero-order valence-corrected chi connectivity index (χ0v) is 13.9. The summed E-state index contributed by atoms with van der Waals surface area (Å²) in [6.45, 7) is 4.02. The Kier molecular flexibility index (Phi) is 5.50. The third-order valence-corrected chi connectivity index (χ3v) is 5.39. The van der Waals surface area contributed by atoms with Gasteiger partial charge in [-0.25, -0.2) is 13.1 Å². The zero-order valence-electron chi connectivity index (χ0n) is 10.0. The molecule has 1 aromatic carbocycles. The van der Waals surface area contributed by atoms with Crippen LogP contribution in [-0.4, -0.2) is 20.8 Å². The van der Waals surface area contributed by atoms with Gasteiger partial charge in [0.1, 0.15) is 4.90 Å². The molecule has 0 radical (unpaired) electrons. The summed E-state index contributed by atoms with van der Waals surface area (Å²) in [4.78, 5) is 0.0674. The Labute approximate surface area is 126 Å². The first-order valence-electron chi connectivity index (χ1n) is 5.19. The van der Waals surface area contributed by atoms with E-state index < -0.39 is 10.0 Å². The summed E-state index contributed by atoms with van der Waals surface area (Å²) in [5, 5.41) is 0.181. The average Bonchev–Trinajstić information content (AvgIpc) is 2.26. The minimum absolute atomic E-state index is 0.0674. The van der Waals surface area contributed by atoms with Crippen LogP contribution in [0, 0.1) is 5.41 Å². The summed E-state index contributed by atoms with van der Waals surface area (Å²) in [5.74, 6) is 0.365. The van der Waals surface area contributed by atoms with Crippen molar-refractivity contribution in [1.82, 2.24) is 4.72 Å². The van der Waals surface area contributed by atoms with Gasteiger partial charge in [0.25, 0.3) is 0 Å². The Hall–Kier alpha value is 0.190. The van der Waals surface area contributed by atoms with E-state index in [4.69, 9.17) is 23.2 Å². The predicted molar refractivity (Wildman–Crippen MR) is 78.8 cm³/mol. The molecule has 0 bridgehead atoms. The Balaban J connectivity index is 2.94. The molecule has 0 amide bonds. The summed E-state index contributed by atoms with van der Waals surface area (Å²) >= 11 is 14.9. The number of hydrogen-bond donors (Lipinski definition) is 1. The van der Waals surface area contributed by atoms with Gasteiger partial charge in [0.15, 0.2) is 0 Å². The van der Waals surface area contributed by atoms with Gasteiger partial charge >= 0.3 is 0 Å². The van der Waals surface area contributed by atoms with E-state index in [1.807, 2.05) is 13.8 Å². The van der Waals surface area contributed by atoms with Crippen LogP contribution in [0.5, 0.6) is 0 Å². The van der Waals surface area contributed by atoms with E-state index in [1.165, 1.54) is 6.07 Å². The molecule has 1 N–H and O–H groups in total. The molecule has 0 aliphatic carbocycles. The fraction of sp³-hybridized carbons (Fsp3) is 0.455. The van der Waals surface area contributed by atoms with Gasteiger partial charge in [-0.1, -0.05) is 41.4 Å². The molecular formula is C11H14BrCl2NO2S. The quantitative estimate of drug-likeness (QED) is 0.799. The highest BCUT2D eigenvalue weighted by atomic mass is 79.9. The Morgan fingerprint density at radius 3 is 2.50 bits per heavy atom. The van der Waals surface area contributed by atoms with Crippen molar-refractivity contribution in [2.75, 3.05) is 12.4 Å². The molecule has 102 valence electrons. The lowest BCUT2D eigenvalue weighted by Gasteiger charge is -2.21. The van der Waals surface area contributed by atoms with Crippen molar-refractivity contribution in [1.29, 1.82) is 0 Å². The van der Waals surface area contributed by atoms with Gasteiger partial charge in [0.05, 0.1) is 5.02 Å². The van der Waals surface area contributed by atoms with Gasteiger partial charge < -0.3 is 0 Å². The molecule has 0 atom stereocenters. The van der Waals surface area contributed by atoms with Crippen LogP contribution in [-0.2, 0) is 10.0 Å². The molecule has 18 heavy (non-hydrogen) atoms. The standard InChI is InChI=1S/C11H14BrCl2NO2S/c1-11(2,6-13)7-15-18(16,17)10-4-3-8(12)5-9(10)14/h3-5,15H,6-7H2,1-2H3. The Morgan fingerprint density at radius 2 is 2.00 bits per heavy atom. The first kappa shape index (κ1) is 16.2. The molecular weight excluding hydrogens is 361 g/mol. The van der Waals surface area contributed by atoms with E-state index in [-0.39, 0.29) is 21.9 Å². The third-order valence-electron chi connectivity index (χ3n) is 2.29. The fourth-order valence-corrected chi connectivity index (χ4v) is 3.48. The van der Waals surface area contributed by atoms with Gasteiger partial charge in [-0.05, 0) is 23.6 Å². The van der Waals surface area contributed by atoms with Crippen LogP contribution in [0.1, 0.15) is 13.8 Å². The number of benzene rings is 1. The van der Waals surface area contributed by atoms with Gasteiger partial charge in [-0.15, -0.1) is 11.6 Å². The highest BCUT2D eigenvalue weighted by molar-refractivity contribution is 9.10. The highest BCUT2D eigenvalue weighted by Gasteiger charge is 2.23. The van der Waals surface area contributed by atoms with Crippen molar-refractivity contribution < 1.29 is 8.42 Å². The molecule has 0 saturated carbocycles. The van der Waals surface area contributed by atoms with Gasteiger partial charge in [0, 0.05) is 16.9 Å². The molecule has 0 saturated heterocycles. The van der Waals surface area contributed by atoms with E-state index in [0.717, 1.165) is 4.47 Å². The number of nitrogens with one attached hydrogen (secondary N) is 1. The second-order valence-corrected chi connectivity index (χ2v) is 8.02. The zero-order chi connectivity index (χ0) is 14.0. The van der Waals surface area contributed by atoms with Crippen LogP contribution >= 0.6 is 39.1 Å². The Bertz CT molecular complexity index is 532. The second kappa shape index (κ2) is 6.09. The monoisotopic (exact) mass is 373 g/mol. The summed E-state index contributed by atoms with van der Waals surface area (Å²) < 4.78 is 27.4.